The van der Waals surface area contributed by atoms with Crippen LogP contribution in [0.3, 0.4) is 0 Å². The molecule has 1 fully saturated rings. The van der Waals surface area contributed by atoms with Gasteiger partial charge in [-0.3, -0.25) is 0 Å². The predicted molar refractivity (Wildman–Crippen MR) is 133 cm³/mol. The molecule has 3 unspecified atom stereocenters. The third-order valence-corrected chi connectivity index (χ3v) is 7.01. The monoisotopic (exact) mass is 422 g/mol. The van der Waals surface area contributed by atoms with Crippen LogP contribution in [0.2, 0.25) is 0 Å². The normalized spacial score (nSPS) is 24.7. The third kappa shape index (κ3) is 6.04. The molecule has 1 aliphatic carbocycles. The van der Waals surface area contributed by atoms with E-state index in [1.165, 1.54) is 60.9 Å². The minimum atomic E-state index is 0.244. The highest BCUT2D eigenvalue weighted by Gasteiger charge is 2.34. The van der Waals surface area contributed by atoms with Crippen molar-refractivity contribution in [1.82, 2.24) is 5.32 Å². The first kappa shape index (κ1) is 23.7. The summed E-state index contributed by atoms with van der Waals surface area (Å²) in [6.07, 6.45) is 8.90. The van der Waals surface area contributed by atoms with Crippen LogP contribution >= 0.6 is 0 Å². The molecule has 0 amide bonds. The number of benzene rings is 2. The Morgan fingerprint density at radius 2 is 1.81 bits per heavy atom. The first-order valence-corrected chi connectivity index (χ1v) is 12.3. The highest BCUT2D eigenvalue weighted by molar-refractivity contribution is 5.50. The summed E-state index contributed by atoms with van der Waals surface area (Å²) in [5.74, 6) is 1.82. The summed E-state index contributed by atoms with van der Waals surface area (Å²) in [5, 5.41) is 7.49. The fraction of sp³-hybridized carbons (Fsp3) is 0.571. The van der Waals surface area contributed by atoms with Crippen LogP contribution in [0.4, 0.5) is 5.69 Å². The Morgan fingerprint density at radius 3 is 2.42 bits per heavy atom. The maximum Gasteiger partial charge on any atom is 0.119 e. The summed E-state index contributed by atoms with van der Waals surface area (Å²) in [4.78, 5) is 0. The van der Waals surface area contributed by atoms with Crippen LogP contribution in [0, 0.1) is 5.92 Å². The maximum atomic E-state index is 5.40. The van der Waals surface area contributed by atoms with E-state index >= 15 is 0 Å². The second-order valence-corrected chi connectivity index (χ2v) is 9.53. The molecule has 3 atom stereocenters. The highest BCUT2D eigenvalue weighted by Crippen LogP contribution is 2.39. The number of unbranched alkanes of at least 4 members (excludes halogenated alkanes) is 1. The fourth-order valence-corrected chi connectivity index (χ4v) is 4.90. The molecule has 2 N–H and O–H groups in total. The number of rotatable bonds is 6. The Morgan fingerprint density at radius 1 is 1.06 bits per heavy atom. The smallest absolute Gasteiger partial charge is 0.119 e. The lowest BCUT2D eigenvalue weighted by atomic mass is 9.89. The topological polar surface area (TPSA) is 33.3 Å². The van der Waals surface area contributed by atoms with E-state index in [0.29, 0.717) is 0 Å². The molecule has 0 saturated heterocycles. The summed E-state index contributed by atoms with van der Waals surface area (Å²) in [6.45, 7) is 10.1. The number of ether oxygens (including phenoxy) is 1. The Kier molecular flexibility index (Phi) is 8.43. The van der Waals surface area contributed by atoms with Crippen LogP contribution < -0.4 is 15.4 Å². The van der Waals surface area contributed by atoms with Gasteiger partial charge in [-0.05, 0) is 79.5 Å². The molecule has 170 valence electrons. The molecule has 1 heterocycles. The van der Waals surface area contributed by atoms with Gasteiger partial charge in [0.1, 0.15) is 5.75 Å². The summed E-state index contributed by atoms with van der Waals surface area (Å²) >= 11 is 0. The van der Waals surface area contributed by atoms with E-state index in [0.717, 1.165) is 24.6 Å². The van der Waals surface area contributed by atoms with Crippen molar-refractivity contribution >= 4 is 5.69 Å². The predicted octanol–water partition coefficient (Wildman–Crippen LogP) is 7.12. The number of hydrogen-bond acceptors (Lipinski definition) is 3. The van der Waals surface area contributed by atoms with Gasteiger partial charge >= 0.3 is 0 Å². The van der Waals surface area contributed by atoms with Gasteiger partial charge in [0.15, 0.2) is 0 Å². The van der Waals surface area contributed by atoms with Crippen molar-refractivity contribution in [3.63, 3.8) is 0 Å². The average molecular weight is 423 g/mol. The standard InChI is InChI=1S/C24H32N2O.C4H10/c1-4-17-11-13-24(2,16-17)26-20-7-5-18(6-8-20)23-22-10-9-21(27-3)15-19(22)12-14-25-23;1-3-4-2/h5-10,15,17,23,25-26H,4,11-14,16H2,1-3H3;3-4H2,1-2H3. The molecule has 31 heavy (non-hydrogen) atoms. The van der Waals surface area contributed by atoms with Gasteiger partial charge in [-0.2, -0.15) is 0 Å². The third-order valence-electron chi connectivity index (χ3n) is 7.01. The lowest BCUT2D eigenvalue weighted by Crippen LogP contribution is -2.32. The molecule has 3 nitrogen and oxygen atoms in total. The van der Waals surface area contributed by atoms with Crippen molar-refractivity contribution in [2.45, 2.75) is 84.2 Å². The molecule has 2 aromatic rings. The zero-order chi connectivity index (χ0) is 22.3. The highest BCUT2D eigenvalue weighted by atomic mass is 16.5. The van der Waals surface area contributed by atoms with E-state index < -0.39 is 0 Å². The molecule has 1 aliphatic heterocycles. The van der Waals surface area contributed by atoms with Gasteiger partial charge in [0.05, 0.1) is 13.2 Å². The van der Waals surface area contributed by atoms with E-state index in [1.54, 1.807) is 7.11 Å². The van der Waals surface area contributed by atoms with Gasteiger partial charge in [0, 0.05) is 17.8 Å². The van der Waals surface area contributed by atoms with Crippen molar-refractivity contribution in [1.29, 1.82) is 0 Å². The molecule has 1 saturated carbocycles. The van der Waals surface area contributed by atoms with E-state index in [2.05, 4.69) is 80.8 Å². The molecule has 3 heteroatoms. The molecule has 0 radical (unpaired) electrons. The second-order valence-electron chi connectivity index (χ2n) is 9.53. The number of methoxy groups -OCH3 is 1. The number of fused-ring (bicyclic) bond motifs is 1. The first-order valence-electron chi connectivity index (χ1n) is 12.3. The van der Waals surface area contributed by atoms with Crippen molar-refractivity contribution in [2.75, 3.05) is 19.0 Å². The number of nitrogens with one attached hydrogen (secondary N) is 2. The van der Waals surface area contributed by atoms with Crippen molar-refractivity contribution < 1.29 is 4.74 Å². The summed E-state index contributed by atoms with van der Waals surface area (Å²) in [7, 11) is 1.74. The maximum absolute atomic E-state index is 5.40. The van der Waals surface area contributed by atoms with E-state index in [1.807, 2.05) is 0 Å². The zero-order valence-electron chi connectivity index (χ0n) is 20.3. The van der Waals surface area contributed by atoms with Crippen LogP contribution in [0.5, 0.6) is 5.75 Å². The van der Waals surface area contributed by atoms with Gasteiger partial charge in [-0.1, -0.05) is 58.2 Å². The van der Waals surface area contributed by atoms with Gasteiger partial charge in [0.2, 0.25) is 0 Å². The average Bonchev–Trinajstić information content (AvgIpc) is 3.19. The van der Waals surface area contributed by atoms with Crippen LogP contribution in [0.15, 0.2) is 42.5 Å². The molecule has 0 bridgehead atoms. The molecule has 2 aliphatic rings. The molecular formula is C28H42N2O. The Bertz CT molecular complexity index is 814. The lowest BCUT2D eigenvalue weighted by molar-refractivity contribution is 0.413. The Labute approximate surface area is 190 Å². The molecule has 0 spiro atoms. The van der Waals surface area contributed by atoms with Crippen molar-refractivity contribution in [3.05, 3.63) is 59.2 Å². The van der Waals surface area contributed by atoms with E-state index in [4.69, 9.17) is 4.74 Å². The Hall–Kier alpha value is -2.00. The molecular weight excluding hydrogens is 380 g/mol. The zero-order valence-corrected chi connectivity index (χ0v) is 20.3. The van der Waals surface area contributed by atoms with Crippen LogP contribution in [0.25, 0.3) is 0 Å². The summed E-state index contributed by atoms with van der Waals surface area (Å²) in [6, 6.07) is 15.8. The lowest BCUT2D eigenvalue weighted by Gasteiger charge is -2.29. The van der Waals surface area contributed by atoms with Gasteiger partial charge in [-0.15, -0.1) is 0 Å². The first-order chi connectivity index (χ1) is 15.0. The summed E-state index contributed by atoms with van der Waals surface area (Å²) in [5.41, 5.74) is 5.58. The van der Waals surface area contributed by atoms with E-state index in [-0.39, 0.29) is 11.6 Å². The second kappa shape index (κ2) is 11.0. The molecule has 0 aromatic heterocycles. The largest absolute Gasteiger partial charge is 0.497 e. The molecule has 4 rings (SSSR count). The van der Waals surface area contributed by atoms with Crippen molar-refractivity contribution in [2.24, 2.45) is 5.92 Å². The number of anilines is 1. The van der Waals surface area contributed by atoms with Gasteiger partial charge < -0.3 is 15.4 Å². The summed E-state index contributed by atoms with van der Waals surface area (Å²) < 4.78 is 5.40. The SMILES string of the molecule is CCC1CCC(C)(Nc2ccc(C3NCCc4cc(OC)ccc43)cc2)C1.CCCC. The minimum Gasteiger partial charge on any atom is -0.497 e. The van der Waals surface area contributed by atoms with Crippen molar-refractivity contribution in [3.8, 4) is 5.75 Å². The van der Waals surface area contributed by atoms with E-state index in [9.17, 15) is 0 Å². The number of hydrogen-bond donors (Lipinski definition) is 2. The van der Waals surface area contributed by atoms with Gasteiger partial charge in [0.25, 0.3) is 0 Å². The van der Waals surface area contributed by atoms with Gasteiger partial charge in [-0.25, -0.2) is 0 Å². The van der Waals surface area contributed by atoms with Crippen LogP contribution in [-0.2, 0) is 6.42 Å². The minimum absolute atomic E-state index is 0.244. The van der Waals surface area contributed by atoms with Crippen LogP contribution in [0.1, 0.15) is 89.0 Å². The quantitative estimate of drug-likeness (QED) is 0.520. The fourth-order valence-electron chi connectivity index (χ4n) is 4.90. The van der Waals surface area contributed by atoms with Crippen LogP contribution in [-0.4, -0.2) is 19.2 Å². The molecule has 2 aromatic carbocycles. The Balaban J connectivity index is 0.000000628.